The van der Waals surface area contributed by atoms with Gasteiger partial charge in [0.15, 0.2) is 5.75 Å². The van der Waals surface area contributed by atoms with Gasteiger partial charge in [0.2, 0.25) is 0 Å². The second-order valence-electron chi connectivity index (χ2n) is 5.46. The summed E-state index contributed by atoms with van der Waals surface area (Å²) < 4.78 is 80.8. The molecular formula is C17H15NO9S3. The summed E-state index contributed by atoms with van der Waals surface area (Å²) >= 11 is 0. The maximum Gasteiger partial charge on any atom is 0.425 e. The van der Waals surface area contributed by atoms with Crippen molar-refractivity contribution in [3.8, 4) is 5.75 Å². The molecule has 0 amide bonds. The normalized spacial score (nSPS) is 10.0. The van der Waals surface area contributed by atoms with Crippen LogP contribution < -0.4 is 9.92 Å². The monoisotopic (exact) mass is 473 g/mol. The van der Waals surface area contributed by atoms with Crippen LogP contribution in [0.2, 0.25) is 0 Å². The van der Waals surface area contributed by atoms with E-state index in [1.807, 2.05) is 25.1 Å². The maximum absolute atomic E-state index is 12.4. The van der Waals surface area contributed by atoms with E-state index in [2.05, 4.69) is 0 Å². The first-order chi connectivity index (χ1) is 13.9. The van der Waals surface area contributed by atoms with E-state index in [4.69, 9.17) is 35.2 Å². The average molecular weight is 474 g/mol. The number of anilines is 1. The van der Waals surface area contributed by atoms with Crippen molar-refractivity contribution in [1.82, 2.24) is 0 Å². The molecule has 3 aromatic rings. The molecule has 3 aromatic carbocycles. The first-order valence-electron chi connectivity index (χ1n) is 7.76. The standard InChI is InChI=1S/C17H15NO3S.2O3S/c1-12-8-10-14(11-9-12)22(19,20)21-16-7-3-5-13-4-2-6-15(18)17(13)16;2*1-4(2)3/h2-11H,18H2,1H3;;. The topological polar surface area (TPSA) is 172 Å². The molecule has 0 saturated heterocycles. The van der Waals surface area contributed by atoms with Gasteiger partial charge in [-0.25, -0.2) is 0 Å². The second kappa shape index (κ2) is 11.0. The van der Waals surface area contributed by atoms with Gasteiger partial charge < -0.3 is 9.92 Å². The summed E-state index contributed by atoms with van der Waals surface area (Å²) in [4.78, 5) is 0.115. The Kier molecular flexibility index (Phi) is 9.11. The van der Waals surface area contributed by atoms with Gasteiger partial charge in [-0.05, 0) is 36.6 Å². The Labute approximate surface area is 175 Å². The van der Waals surface area contributed by atoms with Crippen LogP contribution >= 0.6 is 0 Å². The van der Waals surface area contributed by atoms with Gasteiger partial charge in [-0.1, -0.05) is 42.0 Å². The molecule has 0 heterocycles. The molecule has 0 saturated carbocycles. The van der Waals surface area contributed by atoms with Crippen LogP contribution in [0.25, 0.3) is 10.8 Å². The van der Waals surface area contributed by atoms with Crippen LogP contribution in [0.3, 0.4) is 0 Å². The van der Waals surface area contributed by atoms with Gasteiger partial charge in [0.1, 0.15) is 4.90 Å². The van der Waals surface area contributed by atoms with Crippen LogP contribution in [-0.4, -0.2) is 33.7 Å². The van der Waals surface area contributed by atoms with Crippen molar-refractivity contribution >= 4 is 47.8 Å². The van der Waals surface area contributed by atoms with E-state index < -0.39 is 31.3 Å². The SMILES string of the molecule is Cc1ccc(S(=O)(=O)Oc2cccc3cccc(N)c23)cc1.O=S(=O)=O.O=S(=O)=O. The maximum atomic E-state index is 12.4. The first kappa shape index (κ1) is 24.7. The summed E-state index contributed by atoms with van der Waals surface area (Å²) in [5, 5.41) is 1.43. The summed E-state index contributed by atoms with van der Waals surface area (Å²) in [5.74, 6) is 0.233. The highest BCUT2D eigenvalue weighted by Crippen LogP contribution is 2.32. The summed E-state index contributed by atoms with van der Waals surface area (Å²) in [6.45, 7) is 1.89. The van der Waals surface area contributed by atoms with Gasteiger partial charge in [0.25, 0.3) is 0 Å². The molecular weight excluding hydrogens is 458 g/mol. The smallest absolute Gasteiger partial charge is 0.398 e. The molecule has 0 bridgehead atoms. The van der Waals surface area contributed by atoms with Crippen molar-refractivity contribution in [1.29, 1.82) is 0 Å². The molecule has 0 fully saturated rings. The summed E-state index contributed by atoms with van der Waals surface area (Å²) in [6.07, 6.45) is 0. The number of nitrogen functional groups attached to an aromatic ring is 1. The lowest BCUT2D eigenvalue weighted by Gasteiger charge is -2.11. The van der Waals surface area contributed by atoms with Crippen LogP contribution in [-0.2, 0) is 31.3 Å². The van der Waals surface area contributed by atoms with Gasteiger partial charge in [-0.3, -0.25) is 0 Å². The minimum atomic E-state index is -3.89. The number of rotatable bonds is 3. The molecule has 2 N–H and O–H groups in total. The number of hydrogen-bond acceptors (Lipinski definition) is 10. The molecule has 3 rings (SSSR count). The fourth-order valence-corrected chi connectivity index (χ4v) is 3.22. The number of fused-ring (bicyclic) bond motifs is 1. The van der Waals surface area contributed by atoms with Gasteiger partial charge in [0, 0.05) is 11.1 Å². The fourth-order valence-electron chi connectivity index (χ4n) is 2.28. The second-order valence-corrected chi connectivity index (χ2v) is 7.82. The summed E-state index contributed by atoms with van der Waals surface area (Å²) in [7, 11) is -10.1. The van der Waals surface area contributed by atoms with E-state index >= 15 is 0 Å². The van der Waals surface area contributed by atoms with Crippen molar-refractivity contribution in [2.24, 2.45) is 0 Å². The summed E-state index contributed by atoms with van der Waals surface area (Å²) in [6, 6.07) is 17.1. The third kappa shape index (κ3) is 7.98. The Balaban J connectivity index is 0.000000485. The lowest BCUT2D eigenvalue weighted by molar-refractivity contribution is 0.488. The molecule has 0 aliphatic carbocycles. The minimum Gasteiger partial charge on any atom is -0.398 e. The van der Waals surface area contributed by atoms with Gasteiger partial charge >= 0.3 is 31.3 Å². The molecule has 0 atom stereocenters. The van der Waals surface area contributed by atoms with Crippen molar-refractivity contribution in [3.05, 3.63) is 66.2 Å². The van der Waals surface area contributed by atoms with Gasteiger partial charge in [-0.2, -0.15) is 8.42 Å². The Morgan fingerprint density at radius 2 is 1.23 bits per heavy atom. The van der Waals surface area contributed by atoms with E-state index in [1.54, 1.807) is 30.3 Å². The molecule has 10 nitrogen and oxygen atoms in total. The zero-order chi connectivity index (χ0) is 22.9. The molecule has 160 valence electrons. The molecule has 0 aliphatic rings. The minimum absolute atomic E-state index is 0.115. The predicted molar refractivity (Wildman–Crippen MR) is 107 cm³/mol. The molecule has 0 aliphatic heterocycles. The van der Waals surface area contributed by atoms with Crippen LogP contribution in [0, 0.1) is 6.92 Å². The molecule has 0 radical (unpaired) electrons. The third-order valence-electron chi connectivity index (χ3n) is 3.41. The van der Waals surface area contributed by atoms with Crippen LogP contribution in [0.1, 0.15) is 5.56 Å². The highest BCUT2D eigenvalue weighted by atomic mass is 32.2. The number of aryl methyl sites for hydroxylation is 1. The van der Waals surface area contributed by atoms with Gasteiger partial charge in [0.05, 0.1) is 0 Å². The largest absolute Gasteiger partial charge is 0.425 e. The molecule has 0 aromatic heterocycles. The van der Waals surface area contributed by atoms with Gasteiger partial charge in [-0.15, -0.1) is 25.3 Å². The Morgan fingerprint density at radius 1 is 0.767 bits per heavy atom. The first-order valence-corrected chi connectivity index (χ1v) is 11.2. The number of hydrogen-bond donors (Lipinski definition) is 1. The van der Waals surface area contributed by atoms with E-state index in [-0.39, 0.29) is 10.6 Å². The number of nitrogens with two attached hydrogens (primary N) is 1. The average Bonchev–Trinajstić information content (AvgIpc) is 2.61. The van der Waals surface area contributed by atoms with E-state index in [0.717, 1.165) is 10.9 Å². The van der Waals surface area contributed by atoms with Crippen LogP contribution in [0.4, 0.5) is 5.69 Å². The quantitative estimate of drug-likeness (QED) is 0.434. The van der Waals surface area contributed by atoms with Crippen molar-refractivity contribution in [3.63, 3.8) is 0 Å². The van der Waals surface area contributed by atoms with Crippen LogP contribution in [0.15, 0.2) is 65.6 Å². The zero-order valence-corrected chi connectivity index (χ0v) is 17.7. The molecule has 0 spiro atoms. The van der Waals surface area contributed by atoms with E-state index in [0.29, 0.717) is 11.1 Å². The lowest BCUT2D eigenvalue weighted by atomic mass is 10.1. The molecule has 30 heavy (non-hydrogen) atoms. The summed E-state index contributed by atoms with van der Waals surface area (Å²) in [5.41, 5.74) is 7.42. The lowest BCUT2D eigenvalue weighted by Crippen LogP contribution is -2.10. The van der Waals surface area contributed by atoms with E-state index in [1.165, 1.54) is 12.1 Å². The number of benzene rings is 3. The predicted octanol–water partition coefficient (Wildman–Crippen LogP) is 1.49. The Hall–Kier alpha value is -3.29. The third-order valence-corrected chi connectivity index (χ3v) is 4.66. The fraction of sp³-hybridized carbons (Fsp3) is 0.0588. The zero-order valence-electron chi connectivity index (χ0n) is 15.2. The Morgan fingerprint density at radius 3 is 1.73 bits per heavy atom. The highest BCUT2D eigenvalue weighted by Gasteiger charge is 2.18. The van der Waals surface area contributed by atoms with Crippen molar-refractivity contribution < 1.29 is 37.9 Å². The van der Waals surface area contributed by atoms with Crippen molar-refractivity contribution in [2.75, 3.05) is 5.73 Å². The molecule has 0 unspecified atom stereocenters. The Bertz CT molecular complexity index is 1300. The highest BCUT2D eigenvalue weighted by molar-refractivity contribution is 7.87. The van der Waals surface area contributed by atoms with E-state index in [9.17, 15) is 8.42 Å². The molecule has 13 heteroatoms. The van der Waals surface area contributed by atoms with Crippen molar-refractivity contribution in [2.45, 2.75) is 11.8 Å². The van der Waals surface area contributed by atoms with Crippen LogP contribution in [0.5, 0.6) is 5.75 Å².